The Morgan fingerprint density at radius 1 is 1.86 bits per heavy atom. The molecular weight excluding hydrogens is 112 g/mol. The molecule has 2 nitrogen and oxygen atoms in total. The van der Waals surface area contributed by atoms with Crippen LogP contribution in [-0.2, 0) is 4.79 Å². The summed E-state index contributed by atoms with van der Waals surface area (Å²) in [5.74, 6) is 0. The predicted octanol–water partition coefficient (Wildman–Crippen LogP) is -0.223. The highest BCUT2D eigenvalue weighted by molar-refractivity contribution is 7.81. The summed E-state index contributed by atoms with van der Waals surface area (Å²) in [5.41, 5.74) is 0. The van der Waals surface area contributed by atoms with Crippen molar-refractivity contribution in [2.75, 3.05) is 6.61 Å². The van der Waals surface area contributed by atoms with E-state index >= 15 is 0 Å². The van der Waals surface area contributed by atoms with Crippen molar-refractivity contribution in [3.05, 3.63) is 0 Å². The number of thiol groups is 1. The van der Waals surface area contributed by atoms with E-state index in [2.05, 4.69) is 12.6 Å². The van der Waals surface area contributed by atoms with Gasteiger partial charge in [0, 0.05) is 6.61 Å². The zero-order chi connectivity index (χ0) is 5.70. The standard InChI is InChI=1S/C4H7O2S/c5-2-1-4(7)3-6/h4-5,7H,1-2H2. The van der Waals surface area contributed by atoms with Crippen LogP contribution in [0.4, 0.5) is 0 Å². The second-order valence-electron chi connectivity index (χ2n) is 1.15. The quantitative estimate of drug-likeness (QED) is 0.504. The molecule has 0 rings (SSSR count). The van der Waals surface area contributed by atoms with E-state index in [0.717, 1.165) is 0 Å². The van der Waals surface area contributed by atoms with E-state index in [1.807, 2.05) is 0 Å². The molecule has 0 aromatic carbocycles. The third-order valence-corrected chi connectivity index (χ3v) is 0.902. The maximum Gasteiger partial charge on any atom is 0.212 e. The van der Waals surface area contributed by atoms with Gasteiger partial charge in [0.2, 0.25) is 6.29 Å². The van der Waals surface area contributed by atoms with Crippen molar-refractivity contribution in [3.63, 3.8) is 0 Å². The highest BCUT2D eigenvalue weighted by atomic mass is 32.1. The first-order valence-corrected chi connectivity index (χ1v) is 2.49. The molecule has 0 aromatic rings. The molecule has 0 bridgehead atoms. The molecule has 3 heteroatoms. The number of hydrogen-bond donors (Lipinski definition) is 2. The van der Waals surface area contributed by atoms with Gasteiger partial charge >= 0.3 is 0 Å². The van der Waals surface area contributed by atoms with Gasteiger partial charge in [-0.1, -0.05) is 0 Å². The van der Waals surface area contributed by atoms with Gasteiger partial charge in [0.15, 0.2) is 0 Å². The second-order valence-corrected chi connectivity index (χ2v) is 1.77. The molecule has 0 aliphatic heterocycles. The van der Waals surface area contributed by atoms with Crippen LogP contribution in [0.3, 0.4) is 0 Å². The van der Waals surface area contributed by atoms with Crippen LogP contribution in [0.5, 0.6) is 0 Å². The Hall–Kier alpha value is -0.0200. The molecule has 0 fully saturated rings. The second kappa shape index (κ2) is 4.15. The van der Waals surface area contributed by atoms with Gasteiger partial charge in [-0.15, -0.1) is 0 Å². The molecular formula is C4H7O2S. The largest absolute Gasteiger partial charge is 0.396 e. The van der Waals surface area contributed by atoms with Crippen molar-refractivity contribution < 1.29 is 9.90 Å². The van der Waals surface area contributed by atoms with Crippen LogP contribution in [0, 0.1) is 0 Å². The minimum atomic E-state index is -0.412. The Kier molecular flexibility index (Phi) is 4.14. The molecule has 41 valence electrons. The van der Waals surface area contributed by atoms with E-state index < -0.39 is 5.25 Å². The van der Waals surface area contributed by atoms with Crippen LogP contribution in [0.25, 0.3) is 0 Å². The molecule has 0 heterocycles. The summed E-state index contributed by atoms with van der Waals surface area (Å²) in [6.07, 6.45) is 2.02. The molecule has 0 aliphatic carbocycles. The molecule has 0 aliphatic rings. The first kappa shape index (κ1) is 6.98. The zero-order valence-electron chi connectivity index (χ0n) is 3.79. The Morgan fingerprint density at radius 3 is 2.57 bits per heavy atom. The summed E-state index contributed by atoms with van der Waals surface area (Å²) in [5, 5.41) is 7.73. The summed E-state index contributed by atoms with van der Waals surface area (Å²) in [6.45, 7) is 0.00338. The molecule has 0 spiro atoms. The van der Waals surface area contributed by atoms with Crippen LogP contribution in [0.15, 0.2) is 0 Å². The van der Waals surface area contributed by atoms with Gasteiger partial charge in [-0.05, 0) is 6.42 Å². The van der Waals surface area contributed by atoms with Gasteiger partial charge < -0.3 is 5.11 Å². The van der Waals surface area contributed by atoms with Crippen LogP contribution in [0.1, 0.15) is 6.42 Å². The van der Waals surface area contributed by atoms with E-state index in [9.17, 15) is 4.79 Å². The Bertz CT molecular complexity index is 55.7. The zero-order valence-corrected chi connectivity index (χ0v) is 4.69. The first-order valence-electron chi connectivity index (χ1n) is 1.98. The molecule has 7 heavy (non-hydrogen) atoms. The van der Waals surface area contributed by atoms with Crippen LogP contribution in [0.2, 0.25) is 0 Å². The highest BCUT2D eigenvalue weighted by Gasteiger charge is 1.96. The number of hydrogen-bond acceptors (Lipinski definition) is 3. The normalized spacial score (nSPS) is 13.4. The SMILES string of the molecule is O=[C]C(S)CCO. The van der Waals surface area contributed by atoms with Crippen LogP contribution < -0.4 is 0 Å². The molecule has 0 saturated carbocycles. The molecule has 0 amide bonds. The van der Waals surface area contributed by atoms with Gasteiger partial charge in [-0.2, -0.15) is 12.6 Å². The maximum absolute atomic E-state index is 9.58. The summed E-state index contributed by atoms with van der Waals surface area (Å²) >= 11 is 3.73. The third kappa shape index (κ3) is 3.82. The lowest BCUT2D eigenvalue weighted by Gasteiger charge is -1.92. The van der Waals surface area contributed by atoms with Gasteiger partial charge in [0.05, 0.1) is 5.25 Å². The maximum atomic E-state index is 9.58. The van der Waals surface area contributed by atoms with Crippen LogP contribution >= 0.6 is 12.6 Å². The van der Waals surface area contributed by atoms with E-state index in [1.165, 1.54) is 0 Å². The third-order valence-electron chi connectivity index (χ3n) is 0.539. The lowest BCUT2D eigenvalue weighted by molar-refractivity contribution is 0.292. The fraction of sp³-hybridized carbons (Fsp3) is 0.750. The van der Waals surface area contributed by atoms with E-state index in [-0.39, 0.29) is 6.61 Å². The van der Waals surface area contributed by atoms with Crippen molar-refractivity contribution >= 4 is 18.9 Å². The van der Waals surface area contributed by atoms with Crippen molar-refractivity contribution in [1.29, 1.82) is 0 Å². The monoisotopic (exact) mass is 119 g/mol. The number of aliphatic hydroxyl groups excluding tert-OH is 1. The van der Waals surface area contributed by atoms with Crippen molar-refractivity contribution in [1.82, 2.24) is 0 Å². The van der Waals surface area contributed by atoms with E-state index in [4.69, 9.17) is 5.11 Å². The fourth-order valence-electron chi connectivity index (χ4n) is 0.181. The summed E-state index contributed by atoms with van der Waals surface area (Å²) in [4.78, 5) is 9.58. The smallest absolute Gasteiger partial charge is 0.212 e. The first-order chi connectivity index (χ1) is 3.31. The van der Waals surface area contributed by atoms with Crippen LogP contribution in [-0.4, -0.2) is 23.2 Å². The van der Waals surface area contributed by atoms with Crippen molar-refractivity contribution in [2.24, 2.45) is 0 Å². The van der Waals surface area contributed by atoms with Crippen molar-refractivity contribution in [2.45, 2.75) is 11.7 Å². The highest BCUT2D eigenvalue weighted by Crippen LogP contribution is 1.93. The minimum absolute atomic E-state index is 0.00338. The van der Waals surface area contributed by atoms with Gasteiger partial charge in [-0.25, -0.2) is 0 Å². The number of aliphatic hydroxyl groups is 1. The Balaban J connectivity index is 2.98. The topological polar surface area (TPSA) is 37.3 Å². The Labute approximate surface area is 47.9 Å². The molecule has 1 unspecified atom stereocenters. The summed E-state index contributed by atoms with van der Waals surface area (Å²) < 4.78 is 0. The average Bonchev–Trinajstić information content (AvgIpc) is 1.68. The summed E-state index contributed by atoms with van der Waals surface area (Å²) in [6, 6.07) is 0. The molecule has 0 saturated heterocycles. The average molecular weight is 119 g/mol. The lowest BCUT2D eigenvalue weighted by atomic mass is 10.3. The molecule has 0 aromatic heterocycles. The number of carbonyl (C=O) groups excluding carboxylic acids is 1. The van der Waals surface area contributed by atoms with Gasteiger partial charge in [-0.3, -0.25) is 4.79 Å². The van der Waals surface area contributed by atoms with E-state index in [0.29, 0.717) is 6.42 Å². The fourth-order valence-corrected chi connectivity index (χ4v) is 0.297. The van der Waals surface area contributed by atoms with Gasteiger partial charge in [0.1, 0.15) is 0 Å². The predicted molar refractivity (Wildman–Crippen MR) is 30.2 cm³/mol. The Morgan fingerprint density at radius 2 is 2.43 bits per heavy atom. The molecule has 1 radical (unpaired) electrons. The van der Waals surface area contributed by atoms with Crippen molar-refractivity contribution in [3.8, 4) is 0 Å². The minimum Gasteiger partial charge on any atom is -0.396 e. The summed E-state index contributed by atoms with van der Waals surface area (Å²) in [7, 11) is 0. The van der Waals surface area contributed by atoms with Gasteiger partial charge in [0.25, 0.3) is 0 Å². The molecule has 1 N–H and O–H groups in total. The van der Waals surface area contributed by atoms with E-state index in [1.54, 1.807) is 6.29 Å². The number of rotatable bonds is 3. The lowest BCUT2D eigenvalue weighted by Crippen LogP contribution is -2.01. The molecule has 1 atom stereocenters.